The lowest BCUT2D eigenvalue weighted by atomic mass is 10.2. The van der Waals surface area contributed by atoms with Gasteiger partial charge in [0.1, 0.15) is 0 Å². The predicted octanol–water partition coefficient (Wildman–Crippen LogP) is 2.23. The maximum atomic E-state index is 12.7. The number of hydrogen-bond acceptors (Lipinski definition) is 3. The molecule has 0 heterocycles. The third-order valence-electron chi connectivity index (χ3n) is 2.85. The average Bonchev–Trinajstić information content (AvgIpc) is 2.35. The van der Waals surface area contributed by atoms with Gasteiger partial charge in [-0.05, 0) is 31.4 Å². The summed E-state index contributed by atoms with van der Waals surface area (Å²) in [5.41, 5.74) is 0.442. The van der Waals surface area contributed by atoms with E-state index in [9.17, 15) is 13.5 Å². The minimum Gasteiger partial charge on any atom is -0.392 e. The zero-order chi connectivity index (χ0) is 14.6. The molecule has 0 aliphatic carbocycles. The van der Waals surface area contributed by atoms with E-state index < -0.39 is 10.0 Å². The number of nitrogens with zero attached hydrogens (tertiary/aromatic N) is 1. The molecule has 1 aromatic rings. The summed E-state index contributed by atoms with van der Waals surface area (Å²) in [5, 5.41) is 9.30. The van der Waals surface area contributed by atoms with E-state index in [1.807, 2.05) is 27.7 Å². The molecule has 0 atom stereocenters. The van der Waals surface area contributed by atoms with Crippen molar-refractivity contribution in [3.63, 3.8) is 0 Å². The van der Waals surface area contributed by atoms with E-state index in [4.69, 9.17) is 0 Å². The van der Waals surface area contributed by atoms with Crippen molar-refractivity contribution in [3.05, 3.63) is 29.8 Å². The van der Waals surface area contributed by atoms with Crippen molar-refractivity contribution in [2.24, 2.45) is 5.92 Å². The Morgan fingerprint density at radius 1 is 1.16 bits per heavy atom. The smallest absolute Gasteiger partial charge is 0.243 e. The number of hydrogen-bond donors (Lipinski definition) is 1. The maximum absolute atomic E-state index is 12.7. The van der Waals surface area contributed by atoms with Crippen LogP contribution in [-0.4, -0.2) is 30.4 Å². The van der Waals surface area contributed by atoms with Gasteiger partial charge in [0.15, 0.2) is 0 Å². The summed E-state index contributed by atoms with van der Waals surface area (Å²) in [7, 11) is -3.56. The fourth-order valence-electron chi connectivity index (χ4n) is 1.96. The van der Waals surface area contributed by atoms with Crippen LogP contribution < -0.4 is 0 Å². The number of benzene rings is 1. The van der Waals surface area contributed by atoms with Gasteiger partial charge >= 0.3 is 0 Å². The summed E-state index contributed by atoms with van der Waals surface area (Å²) in [6.07, 6.45) is 0. The molecule has 19 heavy (non-hydrogen) atoms. The SMILES string of the molecule is CC(C)CN(C(C)C)S(=O)(=O)c1ccccc1CO. The first-order valence-electron chi connectivity index (χ1n) is 6.51. The fraction of sp³-hybridized carbons (Fsp3) is 0.571. The van der Waals surface area contributed by atoms with Gasteiger partial charge < -0.3 is 5.11 Å². The number of aliphatic hydroxyl groups is 1. The number of aliphatic hydroxyl groups excluding tert-OH is 1. The number of sulfonamides is 1. The minimum absolute atomic E-state index is 0.112. The van der Waals surface area contributed by atoms with Gasteiger partial charge in [0, 0.05) is 12.6 Å². The summed E-state index contributed by atoms with van der Waals surface area (Å²) >= 11 is 0. The Morgan fingerprint density at radius 3 is 2.21 bits per heavy atom. The minimum atomic E-state index is -3.56. The highest BCUT2D eigenvalue weighted by Gasteiger charge is 2.29. The van der Waals surface area contributed by atoms with Crippen LogP contribution in [0.4, 0.5) is 0 Å². The molecule has 0 fully saturated rings. The molecule has 0 saturated carbocycles. The number of rotatable bonds is 6. The quantitative estimate of drug-likeness (QED) is 0.872. The molecule has 0 bridgehead atoms. The van der Waals surface area contributed by atoms with Gasteiger partial charge in [0.05, 0.1) is 11.5 Å². The third kappa shape index (κ3) is 3.78. The van der Waals surface area contributed by atoms with Gasteiger partial charge in [-0.2, -0.15) is 4.31 Å². The second-order valence-corrected chi connectivity index (χ2v) is 7.19. The highest BCUT2D eigenvalue weighted by atomic mass is 32.2. The van der Waals surface area contributed by atoms with E-state index in [2.05, 4.69) is 0 Å². The van der Waals surface area contributed by atoms with E-state index in [-0.39, 0.29) is 23.5 Å². The van der Waals surface area contributed by atoms with E-state index in [1.165, 1.54) is 4.31 Å². The molecule has 108 valence electrons. The Balaban J connectivity index is 3.27. The lowest BCUT2D eigenvalue weighted by Crippen LogP contribution is -2.39. The van der Waals surface area contributed by atoms with Crippen LogP contribution in [0.2, 0.25) is 0 Å². The van der Waals surface area contributed by atoms with Crippen LogP contribution in [-0.2, 0) is 16.6 Å². The Bertz CT molecular complexity index is 509. The summed E-state index contributed by atoms with van der Waals surface area (Å²) in [4.78, 5) is 0.201. The summed E-state index contributed by atoms with van der Waals surface area (Å²) in [6.45, 7) is 7.90. The molecule has 0 amide bonds. The zero-order valence-electron chi connectivity index (χ0n) is 12.0. The van der Waals surface area contributed by atoms with Crippen LogP contribution in [0.5, 0.6) is 0 Å². The summed E-state index contributed by atoms with van der Waals surface area (Å²) in [5.74, 6) is 0.249. The molecule has 0 saturated heterocycles. The molecule has 4 nitrogen and oxygen atoms in total. The molecule has 0 aromatic heterocycles. The van der Waals surface area contributed by atoms with Crippen LogP contribution in [0.25, 0.3) is 0 Å². The largest absolute Gasteiger partial charge is 0.392 e. The standard InChI is InChI=1S/C14H23NO3S/c1-11(2)9-15(12(3)4)19(17,18)14-8-6-5-7-13(14)10-16/h5-8,11-12,16H,9-10H2,1-4H3. The van der Waals surface area contributed by atoms with Crippen molar-refractivity contribution in [2.45, 2.75) is 45.2 Å². The molecule has 0 spiro atoms. The van der Waals surface area contributed by atoms with Gasteiger partial charge in [-0.15, -0.1) is 0 Å². The first-order chi connectivity index (χ1) is 8.80. The molecule has 1 N–H and O–H groups in total. The molecule has 0 aliphatic rings. The third-order valence-corrected chi connectivity index (χ3v) is 4.99. The Hall–Kier alpha value is -0.910. The first kappa shape index (κ1) is 16.1. The van der Waals surface area contributed by atoms with E-state index in [1.54, 1.807) is 24.3 Å². The van der Waals surface area contributed by atoms with Gasteiger partial charge in [-0.1, -0.05) is 32.0 Å². The van der Waals surface area contributed by atoms with Crippen LogP contribution in [0.1, 0.15) is 33.3 Å². The molecule has 0 radical (unpaired) electrons. The normalized spacial score (nSPS) is 12.6. The van der Waals surface area contributed by atoms with Crippen molar-refractivity contribution < 1.29 is 13.5 Å². The monoisotopic (exact) mass is 285 g/mol. The van der Waals surface area contributed by atoms with Crippen molar-refractivity contribution >= 4 is 10.0 Å². The zero-order valence-corrected chi connectivity index (χ0v) is 12.8. The van der Waals surface area contributed by atoms with Crippen LogP contribution in [0, 0.1) is 5.92 Å². The van der Waals surface area contributed by atoms with E-state index >= 15 is 0 Å². The summed E-state index contributed by atoms with van der Waals surface area (Å²) < 4.78 is 26.9. The van der Waals surface area contributed by atoms with Gasteiger partial charge in [0.2, 0.25) is 10.0 Å². The highest BCUT2D eigenvalue weighted by molar-refractivity contribution is 7.89. The van der Waals surface area contributed by atoms with Crippen LogP contribution in [0.3, 0.4) is 0 Å². The van der Waals surface area contributed by atoms with Crippen molar-refractivity contribution in [1.29, 1.82) is 0 Å². The molecule has 5 heteroatoms. The Morgan fingerprint density at radius 2 is 1.74 bits per heavy atom. The molecular formula is C14H23NO3S. The van der Waals surface area contributed by atoms with Crippen LogP contribution >= 0.6 is 0 Å². The molecular weight excluding hydrogens is 262 g/mol. The fourth-order valence-corrected chi connectivity index (χ4v) is 3.98. The summed E-state index contributed by atoms with van der Waals surface area (Å²) in [6, 6.07) is 6.49. The van der Waals surface area contributed by atoms with Crippen molar-refractivity contribution in [1.82, 2.24) is 4.31 Å². The molecule has 1 rings (SSSR count). The maximum Gasteiger partial charge on any atom is 0.243 e. The van der Waals surface area contributed by atoms with Gasteiger partial charge in [0.25, 0.3) is 0 Å². The lowest BCUT2D eigenvalue weighted by Gasteiger charge is -2.28. The van der Waals surface area contributed by atoms with Crippen LogP contribution in [0.15, 0.2) is 29.2 Å². The van der Waals surface area contributed by atoms with Gasteiger partial charge in [-0.25, -0.2) is 8.42 Å². The van der Waals surface area contributed by atoms with Gasteiger partial charge in [-0.3, -0.25) is 0 Å². The van der Waals surface area contributed by atoms with E-state index in [0.717, 1.165) is 0 Å². The van der Waals surface area contributed by atoms with Crippen molar-refractivity contribution in [3.8, 4) is 0 Å². The Labute approximate surface area is 116 Å². The lowest BCUT2D eigenvalue weighted by molar-refractivity contribution is 0.276. The molecule has 0 aliphatic heterocycles. The first-order valence-corrected chi connectivity index (χ1v) is 7.95. The molecule has 0 unspecified atom stereocenters. The average molecular weight is 285 g/mol. The van der Waals surface area contributed by atoms with Crippen molar-refractivity contribution in [2.75, 3.05) is 6.54 Å². The predicted molar refractivity (Wildman–Crippen MR) is 76.2 cm³/mol. The van der Waals surface area contributed by atoms with E-state index in [0.29, 0.717) is 12.1 Å². The molecule has 1 aromatic carbocycles. The topological polar surface area (TPSA) is 57.6 Å². The second-order valence-electron chi connectivity index (χ2n) is 5.33. The highest BCUT2D eigenvalue weighted by Crippen LogP contribution is 2.23. The Kier molecular flexibility index (Phi) is 5.52. The second kappa shape index (κ2) is 6.50.